The molecule has 0 heterocycles. The van der Waals surface area contributed by atoms with E-state index in [9.17, 15) is 18.0 Å². The lowest BCUT2D eigenvalue weighted by molar-refractivity contribution is -0.136. The molecule has 2 amide bonds. The van der Waals surface area contributed by atoms with Crippen LogP contribution in [0.5, 0.6) is 0 Å². The highest BCUT2D eigenvalue weighted by molar-refractivity contribution is 7.91. The van der Waals surface area contributed by atoms with E-state index in [4.69, 9.17) is 5.11 Å². The van der Waals surface area contributed by atoms with E-state index in [1.165, 1.54) is 12.1 Å². The van der Waals surface area contributed by atoms with Gasteiger partial charge in [0.1, 0.15) is 0 Å². The third-order valence-electron chi connectivity index (χ3n) is 2.85. The van der Waals surface area contributed by atoms with Crippen molar-refractivity contribution >= 4 is 21.8 Å². The standard InChI is InChI=1S/C14H20N2O5S/c1-10-3-5-12(6-4-10)22(20,21)9-11(2)16-14(19)15-8-7-13(17)18/h3-6,11H,7-9H2,1-2H3,(H,17,18)(H2,15,16,19). The van der Waals surface area contributed by atoms with E-state index < -0.39 is 27.9 Å². The van der Waals surface area contributed by atoms with Crippen molar-refractivity contribution in [2.24, 2.45) is 0 Å². The first-order valence-corrected chi connectivity index (χ1v) is 8.41. The number of benzene rings is 1. The topological polar surface area (TPSA) is 113 Å². The van der Waals surface area contributed by atoms with Crippen LogP contribution in [0.15, 0.2) is 29.2 Å². The molecule has 0 fully saturated rings. The minimum absolute atomic E-state index is 0.0153. The summed E-state index contributed by atoms with van der Waals surface area (Å²) in [4.78, 5) is 22.0. The number of aryl methyl sites for hydroxylation is 1. The van der Waals surface area contributed by atoms with Crippen LogP contribution in [-0.4, -0.2) is 43.9 Å². The lowest BCUT2D eigenvalue weighted by atomic mass is 10.2. The molecular formula is C14H20N2O5S. The monoisotopic (exact) mass is 328 g/mol. The van der Waals surface area contributed by atoms with Gasteiger partial charge in [0.25, 0.3) is 0 Å². The predicted octanol–water partition coefficient (Wildman–Crippen LogP) is 0.931. The maximum absolute atomic E-state index is 12.2. The van der Waals surface area contributed by atoms with E-state index in [0.717, 1.165) is 5.56 Å². The van der Waals surface area contributed by atoms with Crippen molar-refractivity contribution in [3.63, 3.8) is 0 Å². The Balaban J connectivity index is 2.53. The van der Waals surface area contributed by atoms with Gasteiger partial charge in [0, 0.05) is 12.6 Å². The van der Waals surface area contributed by atoms with Gasteiger partial charge in [-0.1, -0.05) is 17.7 Å². The number of carbonyl (C=O) groups is 2. The van der Waals surface area contributed by atoms with Crippen LogP contribution in [0.25, 0.3) is 0 Å². The summed E-state index contributed by atoms with van der Waals surface area (Å²) < 4.78 is 24.4. The quantitative estimate of drug-likeness (QED) is 0.689. The normalized spacial score (nSPS) is 12.5. The molecule has 8 heteroatoms. The zero-order valence-corrected chi connectivity index (χ0v) is 13.3. The minimum atomic E-state index is -3.49. The molecule has 0 aliphatic carbocycles. The summed E-state index contributed by atoms with van der Waals surface area (Å²) in [7, 11) is -3.49. The number of sulfone groups is 1. The highest BCUT2D eigenvalue weighted by Crippen LogP contribution is 2.13. The van der Waals surface area contributed by atoms with Crippen molar-refractivity contribution in [3.05, 3.63) is 29.8 Å². The molecule has 0 aromatic heterocycles. The van der Waals surface area contributed by atoms with Gasteiger partial charge < -0.3 is 15.7 Å². The molecule has 0 radical (unpaired) electrons. The Morgan fingerprint density at radius 1 is 1.23 bits per heavy atom. The zero-order valence-electron chi connectivity index (χ0n) is 12.5. The van der Waals surface area contributed by atoms with Crippen molar-refractivity contribution in [1.82, 2.24) is 10.6 Å². The van der Waals surface area contributed by atoms with E-state index >= 15 is 0 Å². The van der Waals surface area contributed by atoms with Crippen LogP contribution in [0, 0.1) is 6.92 Å². The number of hydrogen-bond acceptors (Lipinski definition) is 4. The molecular weight excluding hydrogens is 308 g/mol. The van der Waals surface area contributed by atoms with Crippen LogP contribution < -0.4 is 10.6 Å². The average Bonchev–Trinajstić information content (AvgIpc) is 2.37. The molecule has 0 spiro atoms. The molecule has 122 valence electrons. The average molecular weight is 328 g/mol. The number of nitrogens with one attached hydrogen (secondary N) is 2. The van der Waals surface area contributed by atoms with Gasteiger partial charge in [0.2, 0.25) is 0 Å². The molecule has 0 bridgehead atoms. The lowest BCUT2D eigenvalue weighted by Gasteiger charge is -2.15. The number of hydrogen-bond donors (Lipinski definition) is 3. The van der Waals surface area contributed by atoms with Crippen molar-refractivity contribution in [2.75, 3.05) is 12.3 Å². The van der Waals surface area contributed by atoms with Crippen LogP contribution in [0.3, 0.4) is 0 Å². The number of carboxylic acid groups (broad SMARTS) is 1. The predicted molar refractivity (Wildman–Crippen MR) is 81.5 cm³/mol. The van der Waals surface area contributed by atoms with Crippen molar-refractivity contribution in [1.29, 1.82) is 0 Å². The number of carbonyl (C=O) groups excluding carboxylic acids is 1. The van der Waals surface area contributed by atoms with Crippen LogP contribution in [0.4, 0.5) is 4.79 Å². The Kier molecular flexibility index (Phi) is 6.36. The largest absolute Gasteiger partial charge is 0.481 e. The molecule has 3 N–H and O–H groups in total. The van der Waals surface area contributed by atoms with Crippen molar-refractivity contribution < 1.29 is 23.1 Å². The van der Waals surface area contributed by atoms with Gasteiger partial charge in [-0.05, 0) is 26.0 Å². The zero-order chi connectivity index (χ0) is 16.8. The summed E-state index contributed by atoms with van der Waals surface area (Å²) in [6.07, 6.45) is -0.191. The molecule has 1 aromatic rings. The molecule has 22 heavy (non-hydrogen) atoms. The van der Waals surface area contributed by atoms with Gasteiger partial charge in [0.05, 0.1) is 17.1 Å². The highest BCUT2D eigenvalue weighted by Gasteiger charge is 2.19. The Bertz CT molecular complexity index is 625. The number of amides is 2. The smallest absolute Gasteiger partial charge is 0.315 e. The highest BCUT2D eigenvalue weighted by atomic mass is 32.2. The van der Waals surface area contributed by atoms with E-state index in [0.29, 0.717) is 0 Å². The number of aliphatic carboxylic acids is 1. The molecule has 1 rings (SSSR count). The van der Waals surface area contributed by atoms with Crippen molar-refractivity contribution in [2.45, 2.75) is 31.2 Å². The number of urea groups is 1. The second kappa shape index (κ2) is 7.79. The van der Waals surface area contributed by atoms with E-state index in [1.54, 1.807) is 19.1 Å². The summed E-state index contributed by atoms with van der Waals surface area (Å²) in [6, 6.07) is 5.30. The van der Waals surface area contributed by atoms with Crippen LogP contribution in [0.2, 0.25) is 0 Å². The maximum atomic E-state index is 12.2. The van der Waals surface area contributed by atoms with Gasteiger partial charge in [0.15, 0.2) is 9.84 Å². The van der Waals surface area contributed by atoms with Gasteiger partial charge in [-0.3, -0.25) is 4.79 Å². The minimum Gasteiger partial charge on any atom is -0.481 e. The molecule has 0 aliphatic heterocycles. The number of carboxylic acids is 1. The summed E-state index contributed by atoms with van der Waals surface area (Å²) in [5.74, 6) is -1.25. The fraction of sp³-hybridized carbons (Fsp3) is 0.429. The van der Waals surface area contributed by atoms with E-state index in [1.807, 2.05) is 6.92 Å². The van der Waals surface area contributed by atoms with Crippen LogP contribution in [0.1, 0.15) is 18.9 Å². The Hall–Kier alpha value is -2.09. The Morgan fingerprint density at radius 3 is 2.36 bits per heavy atom. The fourth-order valence-corrected chi connectivity index (χ4v) is 3.26. The fourth-order valence-electron chi connectivity index (χ4n) is 1.77. The Labute approximate surface area is 129 Å². The van der Waals surface area contributed by atoms with Gasteiger partial charge in [-0.25, -0.2) is 13.2 Å². The summed E-state index contributed by atoms with van der Waals surface area (Å²) in [6.45, 7) is 3.42. The summed E-state index contributed by atoms with van der Waals surface area (Å²) in [5.41, 5.74) is 0.961. The first-order valence-electron chi connectivity index (χ1n) is 6.76. The number of rotatable bonds is 7. The molecule has 1 atom stereocenters. The van der Waals surface area contributed by atoms with E-state index in [-0.39, 0.29) is 23.6 Å². The molecule has 0 saturated carbocycles. The molecule has 7 nitrogen and oxygen atoms in total. The summed E-state index contributed by atoms with van der Waals surface area (Å²) in [5, 5.41) is 13.3. The summed E-state index contributed by atoms with van der Waals surface area (Å²) >= 11 is 0. The first-order chi connectivity index (χ1) is 10.2. The van der Waals surface area contributed by atoms with Crippen LogP contribution >= 0.6 is 0 Å². The molecule has 1 unspecified atom stereocenters. The Morgan fingerprint density at radius 2 is 1.82 bits per heavy atom. The molecule has 1 aromatic carbocycles. The second-order valence-corrected chi connectivity index (χ2v) is 7.07. The van der Waals surface area contributed by atoms with E-state index in [2.05, 4.69) is 10.6 Å². The van der Waals surface area contributed by atoms with Gasteiger partial charge in [-0.2, -0.15) is 0 Å². The van der Waals surface area contributed by atoms with Gasteiger partial charge in [-0.15, -0.1) is 0 Å². The van der Waals surface area contributed by atoms with Crippen LogP contribution in [-0.2, 0) is 14.6 Å². The maximum Gasteiger partial charge on any atom is 0.315 e. The SMILES string of the molecule is Cc1ccc(S(=O)(=O)CC(C)NC(=O)NCCC(=O)O)cc1. The third-order valence-corrected chi connectivity index (χ3v) is 4.78. The first kappa shape index (κ1) is 18.0. The third kappa shape index (κ3) is 6.13. The molecule has 0 saturated heterocycles. The lowest BCUT2D eigenvalue weighted by Crippen LogP contribution is -2.44. The second-order valence-electron chi connectivity index (χ2n) is 5.04. The van der Waals surface area contributed by atoms with Crippen molar-refractivity contribution in [3.8, 4) is 0 Å². The van der Waals surface area contributed by atoms with Gasteiger partial charge >= 0.3 is 12.0 Å². The molecule has 0 aliphatic rings.